The highest BCUT2D eigenvalue weighted by molar-refractivity contribution is 5.94. The smallest absolute Gasteiger partial charge is 0.251 e. The first-order valence-corrected chi connectivity index (χ1v) is 6.42. The summed E-state index contributed by atoms with van der Waals surface area (Å²) in [4.78, 5) is 16.2. The van der Waals surface area contributed by atoms with Crippen LogP contribution in [0.2, 0.25) is 0 Å². The summed E-state index contributed by atoms with van der Waals surface area (Å²) in [7, 11) is 0. The van der Waals surface area contributed by atoms with Crippen molar-refractivity contribution in [1.29, 1.82) is 0 Å². The molecule has 0 aliphatic rings. The average molecular weight is 254 g/mol. The fourth-order valence-corrected chi connectivity index (χ4v) is 1.83. The monoisotopic (exact) mass is 254 g/mol. The number of nitrogens with one attached hydrogen (secondary N) is 1. The van der Waals surface area contributed by atoms with E-state index < -0.39 is 0 Å². The topological polar surface area (TPSA) is 42.0 Å². The van der Waals surface area contributed by atoms with Gasteiger partial charge in [0.05, 0.1) is 0 Å². The van der Waals surface area contributed by atoms with Crippen LogP contribution in [0.15, 0.2) is 42.6 Å². The summed E-state index contributed by atoms with van der Waals surface area (Å²) in [6.07, 6.45) is 2.51. The minimum Gasteiger partial charge on any atom is -0.352 e. The van der Waals surface area contributed by atoms with E-state index in [2.05, 4.69) is 10.3 Å². The van der Waals surface area contributed by atoms with Gasteiger partial charge in [0, 0.05) is 30.4 Å². The van der Waals surface area contributed by atoms with Crippen molar-refractivity contribution in [2.24, 2.45) is 0 Å². The molecule has 0 aliphatic carbocycles. The average Bonchev–Trinajstić information content (AvgIpc) is 2.43. The molecule has 1 heterocycles. The summed E-state index contributed by atoms with van der Waals surface area (Å²) in [6, 6.07) is 11.6. The molecule has 0 aliphatic heterocycles. The van der Waals surface area contributed by atoms with E-state index in [4.69, 9.17) is 0 Å². The number of carbonyl (C=O) groups is 1. The van der Waals surface area contributed by atoms with Gasteiger partial charge in [-0.2, -0.15) is 0 Å². The third kappa shape index (κ3) is 3.65. The summed E-state index contributed by atoms with van der Waals surface area (Å²) < 4.78 is 0. The molecular weight excluding hydrogens is 236 g/mol. The van der Waals surface area contributed by atoms with Crippen molar-refractivity contribution >= 4 is 5.91 Å². The molecule has 98 valence electrons. The van der Waals surface area contributed by atoms with Gasteiger partial charge in [0.2, 0.25) is 0 Å². The standard InChI is InChI=1S/C16H18N2O/c1-12-6-7-14(11-13(12)2)16(19)18-10-8-15-5-3-4-9-17-15/h3-7,9,11H,8,10H2,1-2H3,(H,18,19). The van der Waals surface area contributed by atoms with Crippen molar-refractivity contribution in [3.63, 3.8) is 0 Å². The fourth-order valence-electron chi connectivity index (χ4n) is 1.83. The number of aromatic nitrogens is 1. The van der Waals surface area contributed by atoms with Gasteiger partial charge in [0.25, 0.3) is 5.91 Å². The van der Waals surface area contributed by atoms with Gasteiger partial charge in [0.1, 0.15) is 0 Å². The second-order valence-electron chi connectivity index (χ2n) is 4.63. The maximum atomic E-state index is 12.0. The van der Waals surface area contributed by atoms with Gasteiger partial charge >= 0.3 is 0 Å². The Bertz CT molecular complexity index is 564. The highest BCUT2D eigenvalue weighted by Crippen LogP contribution is 2.09. The van der Waals surface area contributed by atoms with Crippen LogP contribution < -0.4 is 5.32 Å². The Morgan fingerprint density at radius 3 is 2.68 bits per heavy atom. The van der Waals surface area contributed by atoms with Crippen LogP contribution >= 0.6 is 0 Å². The first-order chi connectivity index (χ1) is 9.16. The zero-order chi connectivity index (χ0) is 13.7. The van der Waals surface area contributed by atoms with Crippen molar-refractivity contribution in [1.82, 2.24) is 10.3 Å². The lowest BCUT2D eigenvalue weighted by atomic mass is 10.1. The van der Waals surface area contributed by atoms with E-state index in [-0.39, 0.29) is 5.91 Å². The minimum atomic E-state index is -0.0287. The van der Waals surface area contributed by atoms with Gasteiger partial charge in [0.15, 0.2) is 0 Å². The fraction of sp³-hybridized carbons (Fsp3) is 0.250. The van der Waals surface area contributed by atoms with E-state index in [1.807, 2.05) is 50.2 Å². The second-order valence-corrected chi connectivity index (χ2v) is 4.63. The van der Waals surface area contributed by atoms with E-state index in [9.17, 15) is 4.79 Å². The van der Waals surface area contributed by atoms with E-state index >= 15 is 0 Å². The van der Waals surface area contributed by atoms with Crippen LogP contribution in [0.4, 0.5) is 0 Å². The molecule has 1 aromatic carbocycles. The first kappa shape index (κ1) is 13.3. The Kier molecular flexibility index (Phi) is 4.29. The minimum absolute atomic E-state index is 0.0287. The summed E-state index contributed by atoms with van der Waals surface area (Å²) in [6.45, 7) is 4.65. The van der Waals surface area contributed by atoms with Crippen molar-refractivity contribution < 1.29 is 4.79 Å². The van der Waals surface area contributed by atoms with Gasteiger partial charge in [-0.15, -0.1) is 0 Å². The Morgan fingerprint density at radius 2 is 2.00 bits per heavy atom. The van der Waals surface area contributed by atoms with Crippen LogP contribution in [0, 0.1) is 13.8 Å². The summed E-state index contributed by atoms with van der Waals surface area (Å²) in [5.74, 6) is -0.0287. The third-order valence-corrected chi connectivity index (χ3v) is 3.16. The second kappa shape index (κ2) is 6.14. The molecule has 19 heavy (non-hydrogen) atoms. The summed E-state index contributed by atoms with van der Waals surface area (Å²) in [5.41, 5.74) is 4.04. The van der Waals surface area contributed by atoms with Crippen molar-refractivity contribution in [2.75, 3.05) is 6.54 Å². The Labute approximate surface area is 113 Å². The normalized spacial score (nSPS) is 10.2. The number of carbonyl (C=O) groups excluding carboxylic acids is 1. The van der Waals surface area contributed by atoms with Crippen molar-refractivity contribution in [3.05, 3.63) is 65.0 Å². The highest BCUT2D eigenvalue weighted by Gasteiger charge is 2.05. The van der Waals surface area contributed by atoms with Gasteiger partial charge in [-0.1, -0.05) is 12.1 Å². The lowest BCUT2D eigenvalue weighted by Gasteiger charge is -2.07. The predicted molar refractivity (Wildman–Crippen MR) is 76.2 cm³/mol. The summed E-state index contributed by atoms with van der Waals surface area (Å²) >= 11 is 0. The third-order valence-electron chi connectivity index (χ3n) is 3.16. The maximum absolute atomic E-state index is 12.0. The molecule has 2 rings (SSSR count). The molecule has 0 fully saturated rings. The van der Waals surface area contributed by atoms with Crippen LogP contribution in [0.1, 0.15) is 27.2 Å². The molecule has 0 radical (unpaired) electrons. The molecule has 1 aromatic heterocycles. The quantitative estimate of drug-likeness (QED) is 0.911. The SMILES string of the molecule is Cc1ccc(C(=O)NCCc2ccccn2)cc1C. The number of pyridine rings is 1. The van der Waals surface area contributed by atoms with Crippen LogP contribution in [-0.2, 0) is 6.42 Å². The lowest BCUT2D eigenvalue weighted by Crippen LogP contribution is -2.25. The number of aryl methyl sites for hydroxylation is 2. The predicted octanol–water partition coefficient (Wildman–Crippen LogP) is 2.67. The highest BCUT2D eigenvalue weighted by atomic mass is 16.1. The number of rotatable bonds is 4. The van der Waals surface area contributed by atoms with Crippen LogP contribution in [-0.4, -0.2) is 17.4 Å². The molecule has 0 spiro atoms. The molecule has 3 nitrogen and oxygen atoms in total. The van der Waals surface area contributed by atoms with Crippen molar-refractivity contribution in [2.45, 2.75) is 20.3 Å². The van der Waals surface area contributed by atoms with Crippen LogP contribution in [0.5, 0.6) is 0 Å². The van der Waals surface area contributed by atoms with Crippen LogP contribution in [0.3, 0.4) is 0 Å². The Morgan fingerprint density at radius 1 is 1.16 bits per heavy atom. The van der Waals surface area contributed by atoms with Gasteiger partial charge in [-0.25, -0.2) is 0 Å². The largest absolute Gasteiger partial charge is 0.352 e. The zero-order valence-corrected chi connectivity index (χ0v) is 11.3. The summed E-state index contributed by atoms with van der Waals surface area (Å²) in [5, 5.41) is 2.92. The van der Waals surface area contributed by atoms with E-state index in [1.165, 1.54) is 5.56 Å². The number of benzene rings is 1. The molecule has 0 saturated carbocycles. The molecule has 2 aromatic rings. The number of hydrogen-bond donors (Lipinski definition) is 1. The lowest BCUT2D eigenvalue weighted by molar-refractivity contribution is 0.0954. The molecular formula is C16H18N2O. The molecule has 1 N–H and O–H groups in total. The maximum Gasteiger partial charge on any atom is 0.251 e. The zero-order valence-electron chi connectivity index (χ0n) is 11.3. The van der Waals surface area contributed by atoms with E-state index in [1.54, 1.807) is 6.20 Å². The van der Waals surface area contributed by atoms with Gasteiger partial charge in [-0.05, 0) is 49.2 Å². The molecule has 1 amide bonds. The molecule has 0 unspecified atom stereocenters. The Balaban J connectivity index is 1.89. The van der Waals surface area contributed by atoms with Crippen LogP contribution in [0.25, 0.3) is 0 Å². The van der Waals surface area contributed by atoms with E-state index in [0.717, 1.165) is 17.7 Å². The molecule has 0 bridgehead atoms. The number of hydrogen-bond acceptors (Lipinski definition) is 2. The Hall–Kier alpha value is -2.16. The molecule has 0 saturated heterocycles. The van der Waals surface area contributed by atoms with Crippen molar-refractivity contribution in [3.8, 4) is 0 Å². The van der Waals surface area contributed by atoms with E-state index in [0.29, 0.717) is 12.1 Å². The first-order valence-electron chi connectivity index (χ1n) is 6.42. The number of nitrogens with zero attached hydrogens (tertiary/aromatic N) is 1. The number of amides is 1. The molecule has 0 atom stereocenters. The molecule has 3 heteroatoms. The van der Waals surface area contributed by atoms with Gasteiger partial charge < -0.3 is 5.32 Å². The van der Waals surface area contributed by atoms with Gasteiger partial charge in [-0.3, -0.25) is 9.78 Å².